The summed E-state index contributed by atoms with van der Waals surface area (Å²) in [5, 5.41) is 1.20. The molecule has 0 fully saturated rings. The Hall–Kier alpha value is -2.40. The lowest BCUT2D eigenvalue weighted by atomic mass is 10.1. The number of anilines is 1. The topological polar surface area (TPSA) is 54.5 Å². The molecule has 1 amide bonds. The average molecular weight is 341 g/mol. The third-order valence-electron chi connectivity index (χ3n) is 4.11. The summed E-state index contributed by atoms with van der Waals surface area (Å²) in [5.41, 5.74) is 2.41. The number of carbonyl (C=O) groups excluding carboxylic acids is 1. The number of sulfone groups is 1. The molecule has 0 saturated carbocycles. The molecule has 0 N–H and O–H groups in total. The summed E-state index contributed by atoms with van der Waals surface area (Å²) in [7, 11) is -3.25. The zero-order valence-corrected chi connectivity index (χ0v) is 14.2. The maximum Gasteiger partial charge on any atom is 0.258 e. The van der Waals surface area contributed by atoms with Crippen molar-refractivity contribution in [3.8, 4) is 0 Å². The van der Waals surface area contributed by atoms with Crippen LogP contribution in [0.15, 0.2) is 66.1 Å². The fraction of sp³-hybridized carbons (Fsp3) is 0.211. The Morgan fingerprint density at radius 1 is 1.08 bits per heavy atom. The van der Waals surface area contributed by atoms with E-state index in [1.54, 1.807) is 35.2 Å². The molecule has 0 aromatic heterocycles. The highest BCUT2D eigenvalue weighted by molar-refractivity contribution is 7.94. The van der Waals surface area contributed by atoms with Crippen molar-refractivity contribution < 1.29 is 13.2 Å². The second-order valence-electron chi connectivity index (χ2n) is 5.79. The number of carbonyl (C=O) groups is 1. The Morgan fingerprint density at radius 2 is 1.75 bits per heavy atom. The van der Waals surface area contributed by atoms with E-state index in [2.05, 4.69) is 6.92 Å². The van der Waals surface area contributed by atoms with Crippen LogP contribution in [0.5, 0.6) is 0 Å². The van der Waals surface area contributed by atoms with E-state index in [1.165, 1.54) is 11.0 Å². The predicted molar refractivity (Wildman–Crippen MR) is 95.8 cm³/mol. The Balaban J connectivity index is 2.00. The number of hydrogen-bond acceptors (Lipinski definition) is 3. The zero-order valence-electron chi connectivity index (χ0n) is 13.4. The first-order chi connectivity index (χ1) is 11.5. The minimum atomic E-state index is -3.25. The van der Waals surface area contributed by atoms with Crippen molar-refractivity contribution in [3.05, 3.63) is 77.2 Å². The molecular formula is C19H19NO3S. The van der Waals surface area contributed by atoms with Gasteiger partial charge < -0.3 is 4.90 Å². The molecule has 124 valence electrons. The lowest BCUT2D eigenvalue weighted by Gasteiger charge is -2.28. The third kappa shape index (κ3) is 3.41. The molecule has 2 aromatic rings. The monoisotopic (exact) mass is 341 g/mol. The molecule has 0 unspecified atom stereocenters. The van der Waals surface area contributed by atoms with Gasteiger partial charge in [-0.05, 0) is 42.3 Å². The van der Waals surface area contributed by atoms with E-state index in [9.17, 15) is 13.2 Å². The standard InChI is InChI=1S/C19H19NO3S/c1-2-15-8-10-17(11-9-15)20(18-12-13-24(22,23)14-18)19(21)16-6-4-3-5-7-16/h3-13,18H,2,14H2,1H3/t18-/m0/s1. The minimum Gasteiger partial charge on any atom is -0.300 e. The number of aryl methyl sites for hydroxylation is 1. The molecule has 1 aliphatic heterocycles. The van der Waals surface area contributed by atoms with Crippen LogP contribution in [0.4, 0.5) is 5.69 Å². The van der Waals surface area contributed by atoms with E-state index in [0.29, 0.717) is 11.3 Å². The fourth-order valence-electron chi connectivity index (χ4n) is 2.79. The maximum absolute atomic E-state index is 13.0. The number of hydrogen-bond donors (Lipinski definition) is 0. The second kappa shape index (κ2) is 6.61. The van der Waals surface area contributed by atoms with Crippen LogP contribution >= 0.6 is 0 Å². The van der Waals surface area contributed by atoms with Gasteiger partial charge in [0.2, 0.25) is 0 Å². The van der Waals surface area contributed by atoms with Gasteiger partial charge in [-0.3, -0.25) is 4.79 Å². The molecule has 0 saturated heterocycles. The van der Waals surface area contributed by atoms with Crippen molar-refractivity contribution in [1.82, 2.24) is 0 Å². The molecule has 0 spiro atoms. The van der Waals surface area contributed by atoms with Crippen LogP contribution in [-0.4, -0.2) is 26.1 Å². The SMILES string of the molecule is CCc1ccc(N(C(=O)c2ccccc2)[C@H]2C=CS(=O)(=O)C2)cc1. The van der Waals surface area contributed by atoms with Gasteiger partial charge in [0.05, 0.1) is 11.8 Å². The lowest BCUT2D eigenvalue weighted by molar-refractivity contribution is 0.0983. The van der Waals surface area contributed by atoms with Crippen LogP contribution in [-0.2, 0) is 16.3 Å². The number of rotatable bonds is 4. The van der Waals surface area contributed by atoms with Crippen LogP contribution < -0.4 is 4.90 Å². The fourth-order valence-corrected chi connectivity index (χ4v) is 4.06. The zero-order chi connectivity index (χ0) is 17.2. The van der Waals surface area contributed by atoms with Crippen LogP contribution in [0, 0.1) is 0 Å². The van der Waals surface area contributed by atoms with E-state index in [4.69, 9.17) is 0 Å². The number of amides is 1. The first-order valence-corrected chi connectivity index (χ1v) is 9.60. The minimum absolute atomic E-state index is 0.0822. The molecule has 0 aliphatic carbocycles. The van der Waals surface area contributed by atoms with Crippen molar-refractivity contribution in [2.24, 2.45) is 0 Å². The van der Waals surface area contributed by atoms with E-state index in [0.717, 1.165) is 6.42 Å². The second-order valence-corrected chi connectivity index (χ2v) is 7.72. The average Bonchev–Trinajstić information content (AvgIpc) is 2.96. The van der Waals surface area contributed by atoms with E-state index in [-0.39, 0.29) is 11.7 Å². The summed E-state index contributed by atoms with van der Waals surface area (Å²) in [6, 6.07) is 16.1. The first-order valence-electron chi connectivity index (χ1n) is 7.88. The van der Waals surface area contributed by atoms with Crippen LogP contribution in [0.3, 0.4) is 0 Å². The predicted octanol–water partition coefficient (Wildman–Crippen LogP) is 3.21. The lowest BCUT2D eigenvalue weighted by Crippen LogP contribution is -2.41. The first kappa shape index (κ1) is 16.5. The van der Waals surface area contributed by atoms with Crippen molar-refractivity contribution in [3.63, 3.8) is 0 Å². The van der Waals surface area contributed by atoms with Crippen LogP contribution in [0.25, 0.3) is 0 Å². The maximum atomic E-state index is 13.0. The summed E-state index contributed by atoms with van der Waals surface area (Å²) in [6.07, 6.45) is 2.49. The molecule has 4 nitrogen and oxygen atoms in total. The van der Waals surface area contributed by atoms with Crippen molar-refractivity contribution in [2.45, 2.75) is 19.4 Å². The summed E-state index contributed by atoms with van der Waals surface area (Å²) in [5.74, 6) is -0.284. The highest BCUT2D eigenvalue weighted by Crippen LogP contribution is 2.25. The van der Waals surface area contributed by atoms with Crippen molar-refractivity contribution >= 4 is 21.4 Å². The van der Waals surface area contributed by atoms with Gasteiger partial charge in [0.25, 0.3) is 5.91 Å². The summed E-state index contributed by atoms with van der Waals surface area (Å²) < 4.78 is 23.6. The molecule has 24 heavy (non-hydrogen) atoms. The molecular weight excluding hydrogens is 322 g/mol. The highest BCUT2D eigenvalue weighted by Gasteiger charge is 2.31. The van der Waals surface area contributed by atoms with Gasteiger partial charge in [-0.2, -0.15) is 0 Å². The van der Waals surface area contributed by atoms with Crippen molar-refractivity contribution in [1.29, 1.82) is 0 Å². The summed E-state index contributed by atoms with van der Waals surface area (Å²) in [6.45, 7) is 2.06. The largest absolute Gasteiger partial charge is 0.300 e. The smallest absolute Gasteiger partial charge is 0.258 e. The van der Waals surface area contributed by atoms with Crippen LogP contribution in [0.2, 0.25) is 0 Å². The quantitative estimate of drug-likeness (QED) is 0.858. The molecule has 5 heteroatoms. The normalized spacial score (nSPS) is 18.5. The van der Waals surface area contributed by atoms with Gasteiger partial charge >= 0.3 is 0 Å². The van der Waals surface area contributed by atoms with Gasteiger partial charge in [0, 0.05) is 16.7 Å². The summed E-state index contributed by atoms with van der Waals surface area (Å²) >= 11 is 0. The Kier molecular flexibility index (Phi) is 4.53. The van der Waals surface area contributed by atoms with Gasteiger partial charge in [0.15, 0.2) is 9.84 Å². The van der Waals surface area contributed by atoms with Gasteiger partial charge in [-0.15, -0.1) is 0 Å². The Labute approximate surface area is 142 Å². The Morgan fingerprint density at radius 3 is 2.29 bits per heavy atom. The van der Waals surface area contributed by atoms with Gasteiger partial charge in [-0.1, -0.05) is 37.3 Å². The molecule has 1 atom stereocenters. The molecule has 0 radical (unpaired) electrons. The van der Waals surface area contributed by atoms with Crippen LogP contribution in [0.1, 0.15) is 22.8 Å². The molecule has 1 aliphatic rings. The number of benzene rings is 2. The van der Waals surface area contributed by atoms with E-state index in [1.807, 2.05) is 30.3 Å². The highest BCUT2D eigenvalue weighted by atomic mass is 32.2. The van der Waals surface area contributed by atoms with E-state index < -0.39 is 15.9 Å². The molecule has 1 heterocycles. The van der Waals surface area contributed by atoms with Gasteiger partial charge in [-0.25, -0.2) is 8.42 Å². The molecule has 3 rings (SSSR count). The third-order valence-corrected chi connectivity index (χ3v) is 5.48. The molecule has 0 bridgehead atoms. The molecule has 2 aromatic carbocycles. The Bertz CT molecular complexity index is 855. The van der Waals surface area contributed by atoms with E-state index >= 15 is 0 Å². The summed E-state index contributed by atoms with van der Waals surface area (Å²) in [4.78, 5) is 14.6. The van der Waals surface area contributed by atoms with Crippen molar-refractivity contribution in [2.75, 3.05) is 10.7 Å². The number of nitrogens with zero attached hydrogens (tertiary/aromatic N) is 1. The van der Waals surface area contributed by atoms with Gasteiger partial charge in [0.1, 0.15) is 0 Å².